The van der Waals surface area contributed by atoms with Crippen LogP contribution in [0, 0.1) is 5.82 Å². The van der Waals surface area contributed by atoms with Crippen LogP contribution in [0.3, 0.4) is 0 Å². The number of halogens is 2. The summed E-state index contributed by atoms with van der Waals surface area (Å²) < 4.78 is 22.8. The number of fused-ring (bicyclic) bond motifs is 1. The average Bonchev–Trinajstić information content (AvgIpc) is 3.11. The van der Waals surface area contributed by atoms with Gasteiger partial charge in [-0.15, -0.1) is 0 Å². The van der Waals surface area contributed by atoms with E-state index < -0.39 is 5.82 Å². The third-order valence-corrected chi connectivity index (χ3v) is 5.23. The molecule has 1 N–H and O–H groups in total. The number of rotatable bonds is 5. The lowest BCUT2D eigenvalue weighted by Gasteiger charge is -2.08. The fourth-order valence-electron chi connectivity index (χ4n) is 3.24. The third-order valence-electron chi connectivity index (χ3n) is 4.74. The molecule has 0 saturated carbocycles. The molecule has 0 aliphatic heterocycles. The fraction of sp³-hybridized carbons (Fsp3) is 0.143. The van der Waals surface area contributed by atoms with Gasteiger partial charge in [0.25, 0.3) is 5.56 Å². The molecule has 4 rings (SSSR count). The van der Waals surface area contributed by atoms with E-state index in [0.29, 0.717) is 27.0 Å². The summed E-state index contributed by atoms with van der Waals surface area (Å²) in [6.07, 6.45) is 3.18. The van der Waals surface area contributed by atoms with E-state index in [-0.39, 0.29) is 24.2 Å². The third kappa shape index (κ3) is 3.56. The lowest BCUT2D eigenvalue weighted by Crippen LogP contribution is -2.23. The standard InChI is InChI=1S/C21H17BrFN3O3/c1-29-16-6-3-13(4-7-16)19-17(12-27)20-21(28)25(8-9-26(20)24-19)11-14-2-5-15(22)10-18(14)23/h2-10,27H,11-12H2,1H3. The Kier molecular flexibility index (Phi) is 5.21. The van der Waals surface area contributed by atoms with Crippen LogP contribution in [-0.2, 0) is 13.2 Å². The zero-order chi connectivity index (χ0) is 20.5. The molecule has 0 aliphatic carbocycles. The van der Waals surface area contributed by atoms with E-state index in [1.807, 2.05) is 12.1 Å². The SMILES string of the molecule is COc1ccc(-c2nn3ccn(Cc4ccc(Br)cc4F)c(=O)c3c2CO)cc1. The molecule has 148 valence electrons. The second kappa shape index (κ2) is 7.81. The Hall–Kier alpha value is -2.97. The summed E-state index contributed by atoms with van der Waals surface area (Å²) in [5.41, 5.74) is 1.98. The number of nitrogens with zero attached hydrogens (tertiary/aromatic N) is 3. The van der Waals surface area contributed by atoms with Crippen molar-refractivity contribution in [1.29, 1.82) is 0 Å². The van der Waals surface area contributed by atoms with Gasteiger partial charge in [0.1, 0.15) is 17.1 Å². The van der Waals surface area contributed by atoms with Gasteiger partial charge in [-0.1, -0.05) is 22.0 Å². The first kappa shape index (κ1) is 19.4. The smallest absolute Gasteiger partial charge is 0.277 e. The second-order valence-electron chi connectivity index (χ2n) is 6.47. The van der Waals surface area contributed by atoms with Gasteiger partial charge in [0.2, 0.25) is 0 Å². The van der Waals surface area contributed by atoms with E-state index >= 15 is 0 Å². The lowest BCUT2D eigenvalue weighted by molar-refractivity contribution is 0.283. The van der Waals surface area contributed by atoms with E-state index in [9.17, 15) is 14.3 Å². The summed E-state index contributed by atoms with van der Waals surface area (Å²) >= 11 is 3.23. The number of hydrogen-bond donors (Lipinski definition) is 1. The minimum atomic E-state index is -0.402. The number of ether oxygens (including phenoxy) is 1. The minimum absolute atomic E-state index is 0.0718. The highest BCUT2D eigenvalue weighted by molar-refractivity contribution is 9.10. The Labute approximate surface area is 173 Å². The summed E-state index contributed by atoms with van der Waals surface area (Å²) in [6.45, 7) is -0.279. The van der Waals surface area contributed by atoms with E-state index in [1.54, 1.807) is 43.8 Å². The number of aliphatic hydroxyl groups excluding tert-OH is 1. The molecule has 29 heavy (non-hydrogen) atoms. The predicted octanol–water partition coefficient (Wildman–Crippen LogP) is 3.61. The van der Waals surface area contributed by atoms with Crippen LogP contribution in [-0.4, -0.2) is 26.4 Å². The van der Waals surface area contributed by atoms with Gasteiger partial charge in [-0.2, -0.15) is 5.10 Å². The van der Waals surface area contributed by atoms with Crippen molar-refractivity contribution in [2.24, 2.45) is 0 Å². The van der Waals surface area contributed by atoms with Crippen LogP contribution >= 0.6 is 15.9 Å². The Morgan fingerprint density at radius 3 is 2.59 bits per heavy atom. The van der Waals surface area contributed by atoms with Crippen molar-refractivity contribution < 1.29 is 14.2 Å². The van der Waals surface area contributed by atoms with Gasteiger partial charge in [-0.3, -0.25) is 4.79 Å². The van der Waals surface area contributed by atoms with E-state index in [2.05, 4.69) is 21.0 Å². The zero-order valence-corrected chi connectivity index (χ0v) is 17.1. The molecule has 0 radical (unpaired) electrons. The number of benzene rings is 2. The minimum Gasteiger partial charge on any atom is -0.497 e. The second-order valence-corrected chi connectivity index (χ2v) is 7.39. The van der Waals surface area contributed by atoms with E-state index in [4.69, 9.17) is 4.74 Å². The van der Waals surface area contributed by atoms with Crippen molar-refractivity contribution in [3.63, 3.8) is 0 Å². The molecule has 0 aliphatic rings. The maximum Gasteiger partial charge on any atom is 0.277 e. The van der Waals surface area contributed by atoms with Crippen molar-refractivity contribution in [1.82, 2.24) is 14.2 Å². The van der Waals surface area contributed by atoms with Crippen LogP contribution in [0.15, 0.2) is 64.1 Å². The average molecular weight is 458 g/mol. The number of hydrogen-bond acceptors (Lipinski definition) is 4. The van der Waals surface area contributed by atoms with Crippen molar-refractivity contribution >= 4 is 21.4 Å². The maximum atomic E-state index is 14.2. The summed E-state index contributed by atoms with van der Waals surface area (Å²) in [4.78, 5) is 13.1. The molecule has 0 spiro atoms. The van der Waals surface area contributed by atoms with Crippen LogP contribution in [0.1, 0.15) is 11.1 Å². The molecular formula is C21H17BrFN3O3. The molecule has 4 aromatic rings. The molecule has 0 amide bonds. The van der Waals surface area contributed by atoms with Crippen molar-refractivity contribution in [2.75, 3.05) is 7.11 Å². The Morgan fingerprint density at radius 2 is 1.93 bits per heavy atom. The highest BCUT2D eigenvalue weighted by Crippen LogP contribution is 2.26. The molecule has 0 fully saturated rings. The fourth-order valence-corrected chi connectivity index (χ4v) is 3.57. The Balaban J connectivity index is 1.82. The zero-order valence-electron chi connectivity index (χ0n) is 15.5. The first-order valence-electron chi connectivity index (χ1n) is 8.81. The maximum absolute atomic E-state index is 14.2. The predicted molar refractivity (Wildman–Crippen MR) is 111 cm³/mol. The molecule has 0 unspecified atom stereocenters. The molecule has 0 atom stereocenters. The molecule has 2 aromatic carbocycles. The highest BCUT2D eigenvalue weighted by Gasteiger charge is 2.18. The van der Waals surface area contributed by atoms with Crippen molar-refractivity contribution in [3.05, 3.63) is 86.6 Å². The Morgan fingerprint density at radius 1 is 1.17 bits per heavy atom. The topological polar surface area (TPSA) is 68.8 Å². The van der Waals surface area contributed by atoms with Crippen LogP contribution in [0.4, 0.5) is 4.39 Å². The first-order valence-corrected chi connectivity index (χ1v) is 9.61. The van der Waals surface area contributed by atoms with Gasteiger partial charge in [-0.05, 0) is 36.4 Å². The van der Waals surface area contributed by atoms with Crippen molar-refractivity contribution in [2.45, 2.75) is 13.2 Å². The van der Waals surface area contributed by atoms with Crippen molar-refractivity contribution in [3.8, 4) is 17.0 Å². The van der Waals surface area contributed by atoms with Gasteiger partial charge in [-0.25, -0.2) is 8.91 Å². The van der Waals surface area contributed by atoms with Crippen LogP contribution in [0.25, 0.3) is 16.8 Å². The monoisotopic (exact) mass is 457 g/mol. The summed E-state index contributed by atoms with van der Waals surface area (Å²) in [5.74, 6) is 0.294. The first-order chi connectivity index (χ1) is 14.0. The van der Waals surface area contributed by atoms with Crippen LogP contribution in [0.2, 0.25) is 0 Å². The van der Waals surface area contributed by atoms with Gasteiger partial charge >= 0.3 is 0 Å². The highest BCUT2D eigenvalue weighted by atomic mass is 79.9. The quantitative estimate of drug-likeness (QED) is 0.496. The van der Waals surface area contributed by atoms with Crippen LogP contribution < -0.4 is 10.3 Å². The molecule has 8 heteroatoms. The summed E-state index contributed by atoms with van der Waals surface area (Å²) in [5, 5.41) is 14.4. The molecule has 6 nitrogen and oxygen atoms in total. The summed E-state index contributed by atoms with van der Waals surface area (Å²) in [7, 11) is 1.58. The molecular weight excluding hydrogens is 441 g/mol. The van der Waals surface area contributed by atoms with Gasteiger partial charge < -0.3 is 14.4 Å². The molecule has 0 saturated heterocycles. The molecule has 2 aromatic heterocycles. The molecule has 2 heterocycles. The number of methoxy groups -OCH3 is 1. The number of aromatic nitrogens is 3. The van der Waals surface area contributed by atoms with E-state index in [1.165, 1.54) is 15.1 Å². The largest absolute Gasteiger partial charge is 0.497 e. The normalized spacial score (nSPS) is 11.2. The van der Waals surface area contributed by atoms with Gasteiger partial charge in [0, 0.05) is 33.6 Å². The summed E-state index contributed by atoms with van der Waals surface area (Å²) in [6, 6.07) is 11.9. The molecule has 0 bridgehead atoms. The van der Waals surface area contributed by atoms with Gasteiger partial charge in [0.05, 0.1) is 26.0 Å². The van der Waals surface area contributed by atoms with E-state index in [0.717, 1.165) is 5.56 Å². The lowest BCUT2D eigenvalue weighted by atomic mass is 10.1. The number of aliphatic hydroxyl groups is 1. The van der Waals surface area contributed by atoms with Crippen LogP contribution in [0.5, 0.6) is 5.75 Å². The van der Waals surface area contributed by atoms with Gasteiger partial charge in [0.15, 0.2) is 0 Å². The Bertz CT molecular complexity index is 1250.